The van der Waals surface area contributed by atoms with Crippen LogP contribution in [0.15, 0.2) is 79.4 Å². The van der Waals surface area contributed by atoms with Crippen molar-refractivity contribution in [3.8, 4) is 28.8 Å². The fourth-order valence-corrected chi connectivity index (χ4v) is 3.41. The molecule has 0 aliphatic rings. The minimum absolute atomic E-state index is 0.297. The number of primary amides is 1. The molecule has 9 heteroatoms. The van der Waals surface area contributed by atoms with Crippen molar-refractivity contribution in [2.45, 2.75) is 0 Å². The van der Waals surface area contributed by atoms with Crippen molar-refractivity contribution < 1.29 is 14.3 Å². The second-order valence-electron chi connectivity index (χ2n) is 6.95. The van der Waals surface area contributed by atoms with Crippen LogP contribution in [-0.4, -0.2) is 37.6 Å². The van der Waals surface area contributed by atoms with Gasteiger partial charge in [0.1, 0.15) is 11.5 Å². The van der Waals surface area contributed by atoms with Gasteiger partial charge in [0.25, 0.3) is 5.91 Å². The molecule has 2 N–H and O–H groups in total. The van der Waals surface area contributed by atoms with Gasteiger partial charge in [-0.3, -0.25) is 4.79 Å². The maximum atomic E-state index is 11.7. The number of carbonyl (C=O) groups is 1. The molecule has 1 amide bonds. The van der Waals surface area contributed by atoms with Crippen molar-refractivity contribution >= 4 is 16.8 Å². The van der Waals surface area contributed by atoms with Gasteiger partial charge in [-0.25, -0.2) is 14.3 Å². The van der Waals surface area contributed by atoms with E-state index in [9.17, 15) is 4.79 Å². The minimum atomic E-state index is -0.564. The first-order valence-corrected chi connectivity index (χ1v) is 9.72. The number of pyridine rings is 1. The van der Waals surface area contributed by atoms with Gasteiger partial charge in [0, 0.05) is 54.4 Å². The van der Waals surface area contributed by atoms with E-state index in [1.54, 1.807) is 40.0 Å². The molecule has 0 radical (unpaired) electrons. The number of fused-ring (bicyclic) bond motifs is 1. The summed E-state index contributed by atoms with van der Waals surface area (Å²) in [7, 11) is 1.48. The number of methoxy groups -OCH3 is 1. The van der Waals surface area contributed by atoms with Crippen molar-refractivity contribution in [3.05, 3.63) is 84.9 Å². The lowest BCUT2D eigenvalue weighted by Gasteiger charge is -2.12. The van der Waals surface area contributed by atoms with E-state index in [4.69, 9.17) is 15.2 Å². The zero-order chi connectivity index (χ0) is 22.1. The van der Waals surface area contributed by atoms with E-state index in [0.29, 0.717) is 28.5 Å². The molecule has 0 atom stereocenters. The summed E-state index contributed by atoms with van der Waals surface area (Å²) in [5, 5.41) is 9.35. The number of nitrogens with zero attached hydrogens (tertiary/aromatic N) is 5. The molecule has 9 nitrogen and oxygen atoms in total. The number of amides is 1. The highest BCUT2D eigenvalue weighted by atomic mass is 16.5. The van der Waals surface area contributed by atoms with Gasteiger partial charge in [-0.2, -0.15) is 10.2 Å². The number of carbonyl (C=O) groups excluding carboxylic acids is 1. The first-order chi connectivity index (χ1) is 15.6. The molecule has 5 rings (SSSR count). The Bertz CT molecular complexity index is 1360. The Morgan fingerprint density at radius 2 is 1.62 bits per heavy atom. The number of ether oxygens (including phenoxy) is 2. The number of benzene rings is 2. The lowest BCUT2D eigenvalue weighted by molar-refractivity contribution is 0.0997. The molecule has 0 bridgehead atoms. The minimum Gasteiger partial charge on any atom is -0.496 e. The second-order valence-corrected chi connectivity index (χ2v) is 6.95. The average Bonchev–Trinajstić information content (AvgIpc) is 3.52. The van der Waals surface area contributed by atoms with Crippen LogP contribution in [0.2, 0.25) is 0 Å². The fourth-order valence-electron chi connectivity index (χ4n) is 3.41. The zero-order valence-corrected chi connectivity index (χ0v) is 17.0. The van der Waals surface area contributed by atoms with Crippen LogP contribution in [0.25, 0.3) is 22.3 Å². The summed E-state index contributed by atoms with van der Waals surface area (Å²) in [5.41, 5.74) is 7.98. The maximum absolute atomic E-state index is 11.7. The van der Waals surface area contributed by atoms with E-state index in [1.807, 2.05) is 48.8 Å². The van der Waals surface area contributed by atoms with Gasteiger partial charge in [-0.1, -0.05) is 0 Å². The van der Waals surface area contributed by atoms with E-state index in [0.717, 1.165) is 16.8 Å². The largest absolute Gasteiger partial charge is 0.496 e. The Hall–Kier alpha value is -4.66. The molecular formula is C23H18N6O3. The van der Waals surface area contributed by atoms with Crippen LogP contribution >= 0.6 is 0 Å². The molecule has 32 heavy (non-hydrogen) atoms. The van der Waals surface area contributed by atoms with Gasteiger partial charge in [0.15, 0.2) is 0 Å². The Balaban J connectivity index is 1.55. The third-order valence-electron chi connectivity index (χ3n) is 4.89. The average molecular weight is 426 g/mol. The molecule has 0 unspecified atom stereocenters. The normalized spacial score (nSPS) is 10.9. The highest BCUT2D eigenvalue weighted by molar-refractivity contribution is 6.00. The SMILES string of the molecule is COc1cc2nc(Oc3cc(-n4cccn4)cc(-n4cccn4)c3)ccc2cc1C(N)=O. The molecule has 0 aliphatic carbocycles. The number of aromatic nitrogens is 5. The van der Waals surface area contributed by atoms with Gasteiger partial charge in [-0.05, 0) is 30.3 Å². The summed E-state index contributed by atoms with van der Waals surface area (Å²) in [6.07, 6.45) is 7.12. The van der Waals surface area contributed by atoms with E-state index in [-0.39, 0.29) is 0 Å². The first kappa shape index (κ1) is 19.3. The molecule has 3 aromatic heterocycles. The second kappa shape index (κ2) is 7.88. The molecule has 0 spiro atoms. The van der Waals surface area contributed by atoms with Crippen LogP contribution in [-0.2, 0) is 0 Å². The van der Waals surface area contributed by atoms with Crippen LogP contribution in [0, 0.1) is 0 Å². The lowest BCUT2D eigenvalue weighted by Crippen LogP contribution is -2.12. The van der Waals surface area contributed by atoms with Gasteiger partial charge < -0.3 is 15.2 Å². The van der Waals surface area contributed by atoms with Gasteiger partial charge >= 0.3 is 0 Å². The monoisotopic (exact) mass is 426 g/mol. The van der Waals surface area contributed by atoms with Gasteiger partial charge in [-0.15, -0.1) is 0 Å². The topological polar surface area (TPSA) is 110 Å². The molecule has 158 valence electrons. The third kappa shape index (κ3) is 3.63. The molecule has 3 heterocycles. The first-order valence-electron chi connectivity index (χ1n) is 9.72. The Morgan fingerprint density at radius 3 is 2.19 bits per heavy atom. The predicted octanol–water partition coefficient (Wildman–Crippen LogP) is 3.51. The Labute approximate surface area is 182 Å². The van der Waals surface area contributed by atoms with Gasteiger partial charge in [0.2, 0.25) is 5.88 Å². The highest BCUT2D eigenvalue weighted by Crippen LogP contribution is 2.30. The van der Waals surface area contributed by atoms with E-state index < -0.39 is 5.91 Å². The number of nitrogens with two attached hydrogens (primary N) is 1. The summed E-state index contributed by atoms with van der Waals surface area (Å²) in [6.45, 7) is 0. The number of rotatable bonds is 6. The van der Waals surface area contributed by atoms with Crippen LogP contribution in [0.5, 0.6) is 17.4 Å². The smallest absolute Gasteiger partial charge is 0.252 e. The van der Waals surface area contributed by atoms with Crippen molar-refractivity contribution in [1.82, 2.24) is 24.5 Å². The van der Waals surface area contributed by atoms with Crippen molar-refractivity contribution in [3.63, 3.8) is 0 Å². The van der Waals surface area contributed by atoms with Gasteiger partial charge in [0.05, 0.1) is 29.6 Å². The Morgan fingerprint density at radius 1 is 0.938 bits per heavy atom. The highest BCUT2D eigenvalue weighted by Gasteiger charge is 2.13. The third-order valence-corrected chi connectivity index (χ3v) is 4.89. The molecule has 2 aromatic carbocycles. The molecule has 0 saturated carbocycles. The zero-order valence-electron chi connectivity index (χ0n) is 17.0. The van der Waals surface area contributed by atoms with Crippen LogP contribution in [0.1, 0.15) is 10.4 Å². The number of hydrogen-bond donors (Lipinski definition) is 1. The molecule has 0 saturated heterocycles. The van der Waals surface area contributed by atoms with Crippen molar-refractivity contribution in [2.24, 2.45) is 5.73 Å². The van der Waals surface area contributed by atoms with Crippen molar-refractivity contribution in [2.75, 3.05) is 7.11 Å². The van der Waals surface area contributed by atoms with Crippen LogP contribution < -0.4 is 15.2 Å². The molecule has 0 aliphatic heterocycles. The predicted molar refractivity (Wildman–Crippen MR) is 118 cm³/mol. The summed E-state index contributed by atoms with van der Waals surface area (Å²) >= 11 is 0. The Kier molecular flexibility index (Phi) is 4.75. The molecule has 5 aromatic rings. The van der Waals surface area contributed by atoms with Crippen LogP contribution in [0.3, 0.4) is 0 Å². The van der Waals surface area contributed by atoms with E-state index in [1.165, 1.54) is 7.11 Å². The fraction of sp³-hybridized carbons (Fsp3) is 0.0435. The maximum Gasteiger partial charge on any atom is 0.252 e. The summed E-state index contributed by atoms with van der Waals surface area (Å²) in [5.74, 6) is 0.744. The summed E-state index contributed by atoms with van der Waals surface area (Å²) in [6, 6.07) is 16.2. The summed E-state index contributed by atoms with van der Waals surface area (Å²) < 4.78 is 14.9. The van der Waals surface area contributed by atoms with E-state index >= 15 is 0 Å². The molecular weight excluding hydrogens is 408 g/mol. The molecule has 0 fully saturated rings. The lowest BCUT2D eigenvalue weighted by atomic mass is 10.1. The van der Waals surface area contributed by atoms with Crippen molar-refractivity contribution in [1.29, 1.82) is 0 Å². The quantitative estimate of drug-likeness (QED) is 0.445. The summed E-state index contributed by atoms with van der Waals surface area (Å²) in [4.78, 5) is 16.2. The van der Waals surface area contributed by atoms with Crippen LogP contribution in [0.4, 0.5) is 0 Å². The number of hydrogen-bond acceptors (Lipinski definition) is 6. The van der Waals surface area contributed by atoms with E-state index in [2.05, 4.69) is 15.2 Å². The standard InChI is InChI=1S/C23H18N6O3/c1-31-21-14-20-15(10-19(21)23(24)30)4-5-22(27-20)32-18-12-16(28-8-2-6-25-28)11-17(13-18)29-9-3-7-26-29/h2-14H,1H3,(H2,24,30).